The van der Waals surface area contributed by atoms with Crippen LogP contribution in [0.25, 0.3) is 0 Å². The van der Waals surface area contributed by atoms with E-state index in [1.54, 1.807) is 31.4 Å². The monoisotopic (exact) mass is 319 g/mol. The van der Waals surface area contributed by atoms with Crippen molar-refractivity contribution in [2.45, 2.75) is 26.3 Å². The zero-order valence-electron chi connectivity index (χ0n) is 13.5. The first-order valence-corrected chi connectivity index (χ1v) is 7.46. The number of carbonyl (C=O) groups is 2. The van der Waals surface area contributed by atoms with Crippen LogP contribution < -0.4 is 9.47 Å². The van der Waals surface area contributed by atoms with Gasteiger partial charge in [0.25, 0.3) is 5.91 Å². The summed E-state index contributed by atoms with van der Waals surface area (Å²) in [5.41, 5.74) is 0. The molecule has 0 saturated heterocycles. The van der Waals surface area contributed by atoms with E-state index in [1.165, 1.54) is 11.0 Å². The zero-order valence-corrected chi connectivity index (χ0v) is 13.5. The van der Waals surface area contributed by atoms with E-state index in [0.29, 0.717) is 23.7 Å². The third-order valence-electron chi connectivity index (χ3n) is 3.56. The Kier molecular flexibility index (Phi) is 5.26. The van der Waals surface area contributed by atoms with Gasteiger partial charge in [0, 0.05) is 6.08 Å². The van der Waals surface area contributed by atoms with E-state index >= 15 is 0 Å². The highest BCUT2D eigenvalue weighted by Gasteiger charge is 2.34. The van der Waals surface area contributed by atoms with Gasteiger partial charge >= 0.3 is 5.97 Å². The molecule has 0 unspecified atom stereocenters. The predicted octanol–water partition coefficient (Wildman–Crippen LogP) is 2.30. The van der Waals surface area contributed by atoms with Crippen LogP contribution in [0.5, 0.6) is 11.5 Å². The molecule has 0 aromatic heterocycles. The first-order valence-electron chi connectivity index (χ1n) is 7.46. The second kappa shape index (κ2) is 7.17. The Bertz CT molecular complexity index is 606. The number of aliphatic carboxylic acids is 1. The van der Waals surface area contributed by atoms with Crippen molar-refractivity contribution < 1.29 is 24.2 Å². The van der Waals surface area contributed by atoms with Gasteiger partial charge in [0.2, 0.25) is 0 Å². The molecule has 1 aliphatic rings. The third-order valence-corrected chi connectivity index (χ3v) is 3.56. The van der Waals surface area contributed by atoms with Crippen molar-refractivity contribution in [1.29, 1.82) is 0 Å². The SMILES string of the molecule is COc1ccc(OC2=CC(=O)N([C@@H](CC(C)C)C(=O)O)C2)cc1. The number of rotatable bonds is 7. The summed E-state index contributed by atoms with van der Waals surface area (Å²) in [6, 6.07) is 6.13. The van der Waals surface area contributed by atoms with E-state index in [2.05, 4.69) is 0 Å². The Balaban J connectivity index is 2.05. The van der Waals surface area contributed by atoms with E-state index in [4.69, 9.17) is 9.47 Å². The molecule has 1 atom stereocenters. The lowest BCUT2D eigenvalue weighted by atomic mass is 10.0. The Morgan fingerprint density at radius 1 is 1.26 bits per heavy atom. The maximum atomic E-state index is 12.1. The minimum absolute atomic E-state index is 0.161. The molecule has 1 N–H and O–H groups in total. The molecule has 2 rings (SSSR count). The Morgan fingerprint density at radius 2 is 1.87 bits per heavy atom. The topological polar surface area (TPSA) is 76.1 Å². The third kappa shape index (κ3) is 4.25. The highest BCUT2D eigenvalue weighted by Crippen LogP contribution is 2.24. The smallest absolute Gasteiger partial charge is 0.326 e. The zero-order chi connectivity index (χ0) is 17.0. The highest BCUT2D eigenvalue weighted by molar-refractivity contribution is 5.94. The number of hydrogen-bond donors (Lipinski definition) is 1. The van der Waals surface area contributed by atoms with Crippen LogP contribution in [0.1, 0.15) is 20.3 Å². The van der Waals surface area contributed by atoms with Gasteiger partial charge < -0.3 is 19.5 Å². The van der Waals surface area contributed by atoms with E-state index in [1.807, 2.05) is 13.8 Å². The predicted molar refractivity (Wildman–Crippen MR) is 84.3 cm³/mol. The molecule has 1 aliphatic heterocycles. The second-order valence-electron chi connectivity index (χ2n) is 5.84. The lowest BCUT2D eigenvalue weighted by Gasteiger charge is -2.25. The molecule has 0 saturated carbocycles. The van der Waals surface area contributed by atoms with Crippen molar-refractivity contribution in [3.8, 4) is 11.5 Å². The largest absolute Gasteiger partial charge is 0.497 e. The number of hydrogen-bond acceptors (Lipinski definition) is 4. The van der Waals surface area contributed by atoms with Crippen LogP contribution in [0.3, 0.4) is 0 Å². The molecule has 0 spiro atoms. The average molecular weight is 319 g/mol. The van der Waals surface area contributed by atoms with Gasteiger partial charge in [-0.3, -0.25) is 4.79 Å². The Hall–Kier alpha value is -2.50. The molecular weight excluding hydrogens is 298 g/mol. The average Bonchev–Trinajstić information content (AvgIpc) is 2.85. The fraction of sp³-hybridized carbons (Fsp3) is 0.412. The molecule has 1 heterocycles. The number of carbonyl (C=O) groups excluding carboxylic acids is 1. The van der Waals surface area contributed by atoms with Crippen LogP contribution in [0.15, 0.2) is 36.1 Å². The molecule has 1 amide bonds. The summed E-state index contributed by atoms with van der Waals surface area (Å²) in [7, 11) is 1.58. The fourth-order valence-electron chi connectivity index (χ4n) is 2.44. The first kappa shape index (κ1) is 16.9. The Morgan fingerprint density at radius 3 is 2.39 bits per heavy atom. The molecule has 6 heteroatoms. The van der Waals surface area contributed by atoms with Crippen molar-refractivity contribution in [2.24, 2.45) is 5.92 Å². The summed E-state index contributed by atoms with van der Waals surface area (Å²) >= 11 is 0. The molecule has 1 aromatic rings. The van der Waals surface area contributed by atoms with Crippen LogP contribution in [-0.2, 0) is 9.59 Å². The number of methoxy groups -OCH3 is 1. The summed E-state index contributed by atoms with van der Waals surface area (Å²) in [6.45, 7) is 4.02. The summed E-state index contributed by atoms with van der Waals surface area (Å²) in [4.78, 5) is 24.9. The van der Waals surface area contributed by atoms with E-state index < -0.39 is 12.0 Å². The van der Waals surface area contributed by atoms with Gasteiger partial charge in [-0.25, -0.2) is 4.79 Å². The molecule has 0 fully saturated rings. The number of benzene rings is 1. The molecule has 1 aromatic carbocycles. The van der Waals surface area contributed by atoms with Gasteiger partial charge in [0.15, 0.2) is 0 Å². The van der Waals surface area contributed by atoms with Gasteiger partial charge in [0.05, 0.1) is 13.7 Å². The van der Waals surface area contributed by atoms with Crippen molar-refractivity contribution in [3.63, 3.8) is 0 Å². The second-order valence-corrected chi connectivity index (χ2v) is 5.84. The molecule has 0 radical (unpaired) electrons. The summed E-state index contributed by atoms with van der Waals surface area (Å²) in [5.74, 6) is 0.569. The number of carboxylic acid groups (broad SMARTS) is 1. The summed E-state index contributed by atoms with van der Waals surface area (Å²) < 4.78 is 10.7. The highest BCUT2D eigenvalue weighted by atomic mass is 16.5. The molecule has 23 heavy (non-hydrogen) atoms. The lowest BCUT2D eigenvalue weighted by Crippen LogP contribution is -2.43. The minimum atomic E-state index is -0.994. The number of amides is 1. The van der Waals surface area contributed by atoms with E-state index in [-0.39, 0.29) is 18.4 Å². The summed E-state index contributed by atoms with van der Waals surface area (Å²) in [5, 5.41) is 9.36. The number of carboxylic acids is 1. The van der Waals surface area contributed by atoms with Gasteiger partial charge in [0.1, 0.15) is 23.3 Å². The number of nitrogens with zero attached hydrogens (tertiary/aromatic N) is 1. The van der Waals surface area contributed by atoms with Gasteiger partial charge in [-0.1, -0.05) is 13.8 Å². The molecule has 124 valence electrons. The van der Waals surface area contributed by atoms with Crippen molar-refractivity contribution in [3.05, 3.63) is 36.1 Å². The quantitative estimate of drug-likeness (QED) is 0.834. The van der Waals surface area contributed by atoms with Crippen molar-refractivity contribution in [1.82, 2.24) is 4.90 Å². The van der Waals surface area contributed by atoms with Gasteiger partial charge in [-0.15, -0.1) is 0 Å². The van der Waals surface area contributed by atoms with Crippen LogP contribution >= 0.6 is 0 Å². The van der Waals surface area contributed by atoms with Crippen LogP contribution in [0.4, 0.5) is 0 Å². The molecular formula is C17H21NO5. The molecule has 6 nitrogen and oxygen atoms in total. The van der Waals surface area contributed by atoms with Gasteiger partial charge in [-0.2, -0.15) is 0 Å². The van der Waals surface area contributed by atoms with Gasteiger partial charge in [-0.05, 0) is 36.6 Å². The maximum absolute atomic E-state index is 12.1. The van der Waals surface area contributed by atoms with E-state index in [0.717, 1.165) is 0 Å². The van der Waals surface area contributed by atoms with E-state index in [9.17, 15) is 14.7 Å². The summed E-state index contributed by atoms with van der Waals surface area (Å²) in [6.07, 6.45) is 1.76. The van der Waals surface area contributed by atoms with Crippen LogP contribution in [0, 0.1) is 5.92 Å². The Labute approximate surface area is 135 Å². The standard InChI is InChI=1S/C17H21NO5/c1-11(2)8-15(17(20)21)18-10-14(9-16(18)19)23-13-6-4-12(22-3)5-7-13/h4-7,9,11,15H,8,10H2,1-3H3,(H,20,21)/t15-/m0/s1. The number of ether oxygens (including phenoxy) is 2. The van der Waals surface area contributed by atoms with Crippen LogP contribution in [-0.4, -0.2) is 41.6 Å². The van der Waals surface area contributed by atoms with Crippen LogP contribution in [0.2, 0.25) is 0 Å². The van der Waals surface area contributed by atoms with Crippen molar-refractivity contribution >= 4 is 11.9 Å². The first-order chi connectivity index (χ1) is 10.9. The minimum Gasteiger partial charge on any atom is -0.497 e. The molecule has 0 aliphatic carbocycles. The normalized spacial score (nSPS) is 15.6. The fourth-order valence-corrected chi connectivity index (χ4v) is 2.44. The lowest BCUT2D eigenvalue weighted by molar-refractivity contribution is -0.148. The van der Waals surface area contributed by atoms with Crippen molar-refractivity contribution in [2.75, 3.05) is 13.7 Å². The maximum Gasteiger partial charge on any atom is 0.326 e. The molecule has 0 bridgehead atoms.